The number of aliphatic hydroxyl groups excluding tert-OH is 4. The maximum atomic E-state index is 13.4. The van der Waals surface area contributed by atoms with Crippen LogP contribution < -0.4 is 86.0 Å². The van der Waals surface area contributed by atoms with Gasteiger partial charge in [-0.05, 0) is 140 Å². The number of halogens is 1. The molecule has 1 saturated heterocycles. The Morgan fingerprint density at radius 3 is 1.18 bits per heavy atom. The minimum Gasteiger partial charge on any atom is -0.431 e. The highest BCUT2D eigenvalue weighted by molar-refractivity contribution is 6.30. The van der Waals surface area contributed by atoms with E-state index in [0.717, 1.165) is 57.8 Å². The van der Waals surface area contributed by atoms with Gasteiger partial charge >= 0.3 is 12.0 Å². The van der Waals surface area contributed by atoms with Gasteiger partial charge in [-0.3, -0.25) is 38.4 Å². The molecule has 0 radical (unpaired) electrons. The van der Waals surface area contributed by atoms with Gasteiger partial charge in [-0.25, -0.2) is 29.1 Å². The number of hydrogen-bond donors (Lipinski definition) is 16. The number of carbonyl (C=O) groups excluding carboxylic acids is 4. The zero-order valence-corrected chi connectivity index (χ0v) is 77.4. The molecule has 1 aliphatic heterocycles. The first-order valence-corrected chi connectivity index (χ1v) is 45.0. The molecule has 0 unspecified atom stereocenters. The van der Waals surface area contributed by atoms with Crippen molar-refractivity contribution >= 4 is 127 Å². The Bertz CT molecular complexity index is 6860. The van der Waals surface area contributed by atoms with Crippen LogP contribution in [0.3, 0.4) is 0 Å². The van der Waals surface area contributed by atoms with Crippen molar-refractivity contribution in [1.82, 2.24) is 108 Å². The summed E-state index contributed by atoms with van der Waals surface area (Å²) in [5.41, 5.74) is 3.12. The Morgan fingerprint density at radius 1 is 0.482 bits per heavy atom. The van der Waals surface area contributed by atoms with Gasteiger partial charge in [0.25, 0.3) is 45.9 Å². The average Bonchev–Trinajstić information content (AvgIpc) is 1.24. The van der Waals surface area contributed by atoms with Crippen LogP contribution in [-0.2, 0) is 9.47 Å². The zero-order valence-electron chi connectivity index (χ0n) is 76.7. The fraction of sp³-hybridized carbons (Fsp3) is 0.400. The van der Waals surface area contributed by atoms with E-state index in [1.807, 2.05) is 26.1 Å². The zero-order chi connectivity index (χ0) is 96.8. The lowest BCUT2D eigenvalue weighted by Gasteiger charge is -2.36. The summed E-state index contributed by atoms with van der Waals surface area (Å²) in [5, 5.41) is 92.0. The second kappa shape index (κ2) is 40.7. The molecule has 5 aliphatic rings. The highest BCUT2D eigenvalue weighted by Crippen LogP contribution is 2.38. The molecule has 6 atom stereocenters. The summed E-state index contributed by atoms with van der Waals surface area (Å²) in [7, 11) is 8.64. The van der Waals surface area contributed by atoms with Crippen LogP contribution in [0, 0.1) is 19.3 Å². The third-order valence-corrected chi connectivity index (χ3v) is 25.0. The van der Waals surface area contributed by atoms with E-state index in [9.17, 15) is 58.8 Å². The van der Waals surface area contributed by atoms with E-state index in [4.69, 9.17) is 29.9 Å². The molecule has 19 rings (SSSR count). The molecule has 137 heavy (non-hydrogen) atoms. The van der Waals surface area contributed by atoms with Crippen LogP contribution in [0.25, 0.3) is 34.6 Å². The van der Waals surface area contributed by atoms with Crippen LogP contribution in [0.2, 0.25) is 5.02 Å². The molecule has 0 spiro atoms. The van der Waals surface area contributed by atoms with Crippen LogP contribution in [0.1, 0.15) is 163 Å². The lowest BCUT2D eigenvalue weighted by Crippen LogP contribution is -2.50. The number of pyridine rings is 4. The largest absolute Gasteiger partial charge is 0.431 e. The number of anilines is 12. The molecular formula is C90H107ClN30O16. The molecule has 15 heterocycles. The topological polar surface area (TPSA) is 573 Å². The lowest BCUT2D eigenvalue weighted by molar-refractivity contribution is -0.0325. The average molecular weight is 1900 g/mol. The van der Waals surface area contributed by atoms with Crippen LogP contribution in [0.15, 0.2) is 157 Å². The quantitative estimate of drug-likeness (QED) is 0.0240. The fourth-order valence-electron chi connectivity index (χ4n) is 16.0. The van der Waals surface area contributed by atoms with Crippen molar-refractivity contribution in [2.45, 2.75) is 166 Å². The normalized spacial score (nSPS) is 19.0. The molecular weight excluding hydrogens is 1790 g/mol. The number of aromatic nitrogens is 18. The fourth-order valence-corrected chi connectivity index (χ4v) is 16.3. The third kappa shape index (κ3) is 20.7. The first kappa shape index (κ1) is 95.2. The standard InChI is InChI=1S/C25H33N7O4.C23H30ClN7O4.2C21H22N8O4/c1-25(36-3)10-8-15(9-11-25)31-12-4-5-18(24(31)35)28-20-13-21(26-2)32-22(30-20)16(14-27-32)23(34)29-17-6-7-19(17)33;1-23(2,13-32)12-26-21(33)16-10-27-31-19(25-3)9-18(29-20(16)31)28-17-8-14(24)11-30(22(17)34)15-4-6-35-7-5-15;2*1-11-10-33-21(24-11)28-7-3-4-14(20(28)32)25-16-8-17(22-2)29-18(27-16)12(9-23-29)19(31)26-13-5-6-15(13)30/h4-5,12-15,17,19,26,33H,6-11H2,1-3H3,(H,28,30)(H,29,34);8-11,15,25,32H,4-7,12-13H2,1-3H3,(H,26,33)(H,28,29);2*3-4,7-10,13,15,22,30H,5-6H2,1-2H3,(H,25,27)(H,26,31)/t15?,17-,19+,25?;;13-,15+;13-,15-/m1.10/s1. The Hall–Kier alpha value is -15.0. The Kier molecular flexibility index (Phi) is 28.3. The van der Waals surface area contributed by atoms with Crippen LogP contribution in [-0.4, -0.2) is 234 Å². The number of hydrogen-bond acceptors (Lipinski definition) is 34. The Morgan fingerprint density at radius 2 is 0.839 bits per heavy atom. The van der Waals surface area contributed by atoms with Gasteiger partial charge in [0.05, 0.1) is 83.2 Å². The molecule has 14 aromatic heterocycles. The highest BCUT2D eigenvalue weighted by Gasteiger charge is 2.37. The number of aliphatic hydroxyl groups is 4. The molecule has 4 aliphatic carbocycles. The summed E-state index contributed by atoms with van der Waals surface area (Å²) in [6, 6.07) is 18.1. The Labute approximate surface area is 785 Å². The molecule has 14 aromatic rings. The van der Waals surface area contributed by atoms with E-state index in [2.05, 4.69) is 121 Å². The predicted molar refractivity (Wildman–Crippen MR) is 508 cm³/mol. The van der Waals surface area contributed by atoms with E-state index in [0.29, 0.717) is 129 Å². The number of rotatable bonds is 27. The first-order chi connectivity index (χ1) is 65.9. The summed E-state index contributed by atoms with van der Waals surface area (Å²) in [6.07, 6.45) is 22.8. The summed E-state index contributed by atoms with van der Waals surface area (Å²) >= 11 is 6.35. The van der Waals surface area contributed by atoms with Crippen molar-refractivity contribution in [2.24, 2.45) is 5.41 Å². The van der Waals surface area contributed by atoms with E-state index in [-0.39, 0.29) is 141 Å². The molecule has 0 aromatic carbocycles. The van der Waals surface area contributed by atoms with E-state index in [1.54, 1.807) is 138 Å². The molecule has 5 fully saturated rings. The number of methoxy groups -OCH3 is 1. The van der Waals surface area contributed by atoms with Gasteiger partial charge in [-0.15, -0.1) is 0 Å². The number of amides is 4. The maximum absolute atomic E-state index is 13.4. The second-order valence-corrected chi connectivity index (χ2v) is 35.3. The number of nitrogens with one attached hydrogen (secondary N) is 12. The van der Waals surface area contributed by atoms with Gasteiger partial charge < -0.3 is 112 Å². The number of nitrogens with zero attached hydrogens (tertiary/aromatic N) is 18. The van der Waals surface area contributed by atoms with E-state index < -0.39 is 23.7 Å². The number of oxazole rings is 2. The molecule has 46 nitrogen and oxygen atoms in total. The molecule has 0 bridgehead atoms. The van der Waals surface area contributed by atoms with Crippen LogP contribution in [0.5, 0.6) is 0 Å². The van der Waals surface area contributed by atoms with Gasteiger partial charge in [-0.2, -0.15) is 48.4 Å². The van der Waals surface area contributed by atoms with Gasteiger partial charge in [0.1, 0.15) is 104 Å². The number of fused-ring (bicyclic) bond motifs is 4. The van der Waals surface area contributed by atoms with Gasteiger partial charge in [-0.1, -0.05) is 25.4 Å². The lowest BCUT2D eigenvalue weighted by atomic mass is 9.83. The summed E-state index contributed by atoms with van der Waals surface area (Å²) in [4.78, 5) is 130. The summed E-state index contributed by atoms with van der Waals surface area (Å²) in [6.45, 7) is 10.8. The minimum atomic E-state index is -0.540. The predicted octanol–water partition coefficient (Wildman–Crippen LogP) is 7.31. The van der Waals surface area contributed by atoms with Gasteiger partial charge in [0.15, 0.2) is 22.6 Å². The van der Waals surface area contributed by atoms with Crippen molar-refractivity contribution in [3.8, 4) is 12.0 Å². The summed E-state index contributed by atoms with van der Waals surface area (Å²) in [5.74, 6) is 2.28. The third-order valence-electron chi connectivity index (χ3n) is 24.7. The number of aryl methyl sites for hydroxylation is 2. The minimum absolute atomic E-state index is 0.00658. The van der Waals surface area contributed by atoms with Crippen LogP contribution in [0.4, 0.5) is 69.3 Å². The van der Waals surface area contributed by atoms with Crippen molar-refractivity contribution in [3.63, 3.8) is 0 Å². The van der Waals surface area contributed by atoms with Crippen LogP contribution >= 0.6 is 11.6 Å². The maximum Gasteiger partial charge on any atom is 0.308 e. The second-order valence-electron chi connectivity index (χ2n) is 34.8. The van der Waals surface area contributed by atoms with Crippen molar-refractivity contribution in [1.29, 1.82) is 0 Å². The number of carbonyl (C=O) groups is 4. The smallest absolute Gasteiger partial charge is 0.308 e. The molecule has 16 N–H and O–H groups in total. The van der Waals surface area contributed by atoms with E-state index >= 15 is 0 Å². The number of ether oxygens (including phenoxy) is 2. The molecule has 720 valence electrons. The van der Waals surface area contributed by atoms with E-state index in [1.165, 1.54) is 64.5 Å². The Balaban J connectivity index is 0.000000132. The van der Waals surface area contributed by atoms with Gasteiger partial charge in [0, 0.05) is 128 Å². The van der Waals surface area contributed by atoms with Crippen molar-refractivity contribution < 1.29 is 57.9 Å². The van der Waals surface area contributed by atoms with Crippen molar-refractivity contribution in [3.05, 3.63) is 209 Å². The molecule has 4 amide bonds. The monoisotopic (exact) mass is 1900 g/mol. The SMILES string of the molecule is CNc1cc(Nc2cc(Cl)cn(C3CCOCC3)c2=O)nc2c(C(=O)NCC(C)(C)CO)cnn12.CNc1cc(Nc2cccn(-c3nc(C)co3)c2=O)nc2c(C(=O)N[C@@H]3CC[C@@H]3O)cnn12.CNc1cc(Nc2cccn(-c3nc(C)co3)c2=O)nc2c(C(=O)N[C@H]3CC[C@@H]3O)cnn12.CNc1cc(Nc2cccn(C3CCC(C)(OC)CC3)c2=O)nc2c(C(=O)N[C@@H]3CC[C@@H]3O)cnn12. The molecule has 4 saturated carbocycles. The first-order valence-electron chi connectivity index (χ1n) is 44.7. The van der Waals surface area contributed by atoms with Gasteiger partial charge in [0.2, 0.25) is 0 Å². The van der Waals surface area contributed by atoms with Crippen molar-refractivity contribution in [2.75, 3.05) is 104 Å². The summed E-state index contributed by atoms with van der Waals surface area (Å²) < 4.78 is 33.8. The molecule has 47 heteroatoms. The highest BCUT2D eigenvalue weighted by atomic mass is 35.5.